The van der Waals surface area contributed by atoms with Crippen LogP contribution in [-0.2, 0) is 15.3 Å². The van der Waals surface area contributed by atoms with Crippen molar-refractivity contribution < 1.29 is 26.8 Å². The van der Waals surface area contributed by atoms with E-state index in [0.29, 0.717) is 6.07 Å². The van der Waals surface area contributed by atoms with Crippen molar-refractivity contribution in [3.8, 4) is 0 Å². The fourth-order valence-electron chi connectivity index (χ4n) is 1.34. The van der Waals surface area contributed by atoms with Crippen LogP contribution in [0.1, 0.15) is 5.56 Å². The van der Waals surface area contributed by atoms with E-state index in [4.69, 9.17) is 8.85 Å². The predicted molar refractivity (Wildman–Crippen MR) is 56.8 cm³/mol. The molecule has 0 saturated heterocycles. The summed E-state index contributed by atoms with van der Waals surface area (Å²) in [5, 5.41) is 0. The van der Waals surface area contributed by atoms with Gasteiger partial charge in [-0.1, -0.05) is 0 Å². The molecule has 0 aromatic heterocycles. The molecule has 0 radical (unpaired) electrons. The summed E-state index contributed by atoms with van der Waals surface area (Å²) in [7, 11) is -0.767. The number of halogens is 3. The summed E-state index contributed by atoms with van der Waals surface area (Å²) >= 11 is 0. The molecule has 17 heavy (non-hydrogen) atoms. The van der Waals surface area contributed by atoms with Crippen molar-refractivity contribution in [2.24, 2.45) is 0 Å². The summed E-state index contributed by atoms with van der Waals surface area (Å²) < 4.78 is 48.4. The Kier molecular flexibility index (Phi) is 4.69. The van der Waals surface area contributed by atoms with Gasteiger partial charge in [-0.2, -0.15) is 0 Å². The Morgan fingerprint density at radius 1 is 1.06 bits per heavy atom. The Morgan fingerprint density at radius 2 is 1.59 bits per heavy atom. The Hall–Kier alpha value is -0.893. The molecule has 3 nitrogen and oxygen atoms in total. The standard InChI is InChI=1S/C10H13F3O3Si/c1-15-17(14,16-2)4-3-7-5-9(12)10(13)6-8(7)11/h5-6,14H,3-4H2,1-2H3. The van der Waals surface area contributed by atoms with Crippen LogP contribution in [-0.4, -0.2) is 27.8 Å². The van der Waals surface area contributed by atoms with Gasteiger partial charge in [-0.15, -0.1) is 0 Å². The molecule has 0 amide bonds. The predicted octanol–water partition coefficient (Wildman–Crippen LogP) is 1.87. The van der Waals surface area contributed by atoms with E-state index < -0.39 is 26.3 Å². The third-order valence-electron chi connectivity index (χ3n) is 2.44. The minimum atomic E-state index is -3.32. The van der Waals surface area contributed by atoms with Gasteiger partial charge in [-0.3, -0.25) is 0 Å². The monoisotopic (exact) mass is 266 g/mol. The molecule has 0 fully saturated rings. The molecule has 1 aromatic rings. The molecule has 96 valence electrons. The molecule has 0 aliphatic rings. The Balaban J connectivity index is 2.79. The lowest BCUT2D eigenvalue weighted by atomic mass is 10.1. The van der Waals surface area contributed by atoms with Gasteiger partial charge in [0.05, 0.1) is 0 Å². The van der Waals surface area contributed by atoms with Gasteiger partial charge >= 0.3 is 8.80 Å². The highest BCUT2D eigenvalue weighted by molar-refractivity contribution is 6.59. The maximum absolute atomic E-state index is 13.3. The molecule has 7 heteroatoms. The van der Waals surface area contributed by atoms with Crippen LogP contribution < -0.4 is 0 Å². The molecule has 1 rings (SSSR count). The molecule has 0 spiro atoms. The van der Waals surface area contributed by atoms with Gasteiger partial charge in [0.2, 0.25) is 0 Å². The first-order chi connectivity index (χ1) is 7.91. The van der Waals surface area contributed by atoms with Crippen molar-refractivity contribution in [2.75, 3.05) is 14.2 Å². The van der Waals surface area contributed by atoms with E-state index in [1.54, 1.807) is 0 Å². The smallest absolute Gasteiger partial charge is 0.390 e. The average Bonchev–Trinajstić information content (AvgIpc) is 2.32. The van der Waals surface area contributed by atoms with Crippen LogP contribution in [0.2, 0.25) is 6.04 Å². The molecule has 0 bridgehead atoms. The van der Waals surface area contributed by atoms with Crippen LogP contribution >= 0.6 is 0 Å². The lowest BCUT2D eigenvalue weighted by Crippen LogP contribution is -2.40. The van der Waals surface area contributed by atoms with E-state index >= 15 is 0 Å². The minimum absolute atomic E-state index is 0.00738. The van der Waals surface area contributed by atoms with E-state index in [2.05, 4.69) is 0 Å². The summed E-state index contributed by atoms with van der Waals surface area (Å²) in [4.78, 5) is 9.71. The highest BCUT2D eigenvalue weighted by Gasteiger charge is 2.34. The molecule has 0 aliphatic heterocycles. The average molecular weight is 266 g/mol. The molecule has 0 atom stereocenters. The number of hydrogen-bond donors (Lipinski definition) is 1. The second-order valence-corrected chi connectivity index (χ2v) is 6.22. The minimum Gasteiger partial charge on any atom is -0.390 e. The largest absolute Gasteiger partial charge is 0.498 e. The molecule has 0 unspecified atom stereocenters. The number of rotatable bonds is 5. The Morgan fingerprint density at radius 3 is 2.12 bits per heavy atom. The van der Waals surface area contributed by atoms with E-state index in [9.17, 15) is 18.0 Å². The molecule has 1 N–H and O–H groups in total. The first-order valence-electron chi connectivity index (χ1n) is 4.88. The zero-order valence-electron chi connectivity index (χ0n) is 9.47. The SMILES string of the molecule is CO[Si](O)(CCc1cc(F)c(F)cc1F)OC. The topological polar surface area (TPSA) is 38.7 Å². The Labute approximate surface area is 98.2 Å². The van der Waals surface area contributed by atoms with Crippen molar-refractivity contribution in [3.05, 3.63) is 35.1 Å². The highest BCUT2D eigenvalue weighted by atomic mass is 28.4. The van der Waals surface area contributed by atoms with Gasteiger partial charge in [0, 0.05) is 26.3 Å². The number of benzene rings is 1. The van der Waals surface area contributed by atoms with E-state index in [1.165, 1.54) is 14.2 Å². The Bertz CT molecular complexity index is 397. The van der Waals surface area contributed by atoms with Crippen molar-refractivity contribution in [3.63, 3.8) is 0 Å². The lowest BCUT2D eigenvalue weighted by molar-refractivity contribution is 0.151. The molecule has 0 heterocycles. The third-order valence-corrected chi connectivity index (χ3v) is 4.60. The second-order valence-electron chi connectivity index (χ2n) is 3.48. The summed E-state index contributed by atoms with van der Waals surface area (Å²) in [5.74, 6) is -3.22. The van der Waals surface area contributed by atoms with Crippen molar-refractivity contribution in [1.82, 2.24) is 0 Å². The van der Waals surface area contributed by atoms with Crippen molar-refractivity contribution in [1.29, 1.82) is 0 Å². The van der Waals surface area contributed by atoms with E-state index in [0.717, 1.165) is 6.07 Å². The molecule has 0 saturated carbocycles. The van der Waals surface area contributed by atoms with Gasteiger partial charge in [-0.05, 0) is 18.1 Å². The summed E-state index contributed by atoms with van der Waals surface area (Å²) in [6.07, 6.45) is 0.00738. The van der Waals surface area contributed by atoms with Crippen LogP contribution in [0, 0.1) is 17.5 Å². The second kappa shape index (κ2) is 5.63. The highest BCUT2D eigenvalue weighted by Crippen LogP contribution is 2.18. The maximum Gasteiger partial charge on any atom is 0.498 e. The third kappa shape index (κ3) is 3.53. The quantitative estimate of drug-likeness (QED) is 0.653. The fraction of sp³-hybridized carbons (Fsp3) is 0.400. The first kappa shape index (κ1) is 14.2. The van der Waals surface area contributed by atoms with E-state index in [-0.39, 0.29) is 18.0 Å². The van der Waals surface area contributed by atoms with Crippen molar-refractivity contribution >= 4 is 8.80 Å². The molecule has 1 aromatic carbocycles. The van der Waals surface area contributed by atoms with Gasteiger partial charge in [-0.25, -0.2) is 13.2 Å². The van der Waals surface area contributed by atoms with Crippen molar-refractivity contribution in [2.45, 2.75) is 12.5 Å². The molecular weight excluding hydrogens is 253 g/mol. The molecule has 0 aliphatic carbocycles. The normalized spacial score (nSPS) is 11.9. The van der Waals surface area contributed by atoms with Crippen LogP contribution in [0.5, 0.6) is 0 Å². The van der Waals surface area contributed by atoms with Crippen LogP contribution in [0.15, 0.2) is 12.1 Å². The number of hydrogen-bond acceptors (Lipinski definition) is 3. The van der Waals surface area contributed by atoms with Crippen LogP contribution in [0.3, 0.4) is 0 Å². The van der Waals surface area contributed by atoms with Gasteiger partial charge < -0.3 is 13.6 Å². The summed E-state index contributed by atoms with van der Waals surface area (Å²) in [5.41, 5.74) is -0.0241. The van der Waals surface area contributed by atoms with Gasteiger partial charge in [0.1, 0.15) is 5.82 Å². The van der Waals surface area contributed by atoms with Gasteiger partial charge in [0.25, 0.3) is 0 Å². The molecular formula is C10H13F3O3Si. The van der Waals surface area contributed by atoms with Crippen LogP contribution in [0.4, 0.5) is 13.2 Å². The number of aryl methyl sites for hydroxylation is 1. The lowest BCUT2D eigenvalue weighted by Gasteiger charge is -2.19. The zero-order chi connectivity index (χ0) is 13.1. The maximum atomic E-state index is 13.3. The van der Waals surface area contributed by atoms with E-state index in [1.807, 2.05) is 0 Å². The summed E-state index contributed by atoms with van der Waals surface area (Å²) in [6.45, 7) is 0. The fourth-order valence-corrected chi connectivity index (χ4v) is 2.50. The van der Waals surface area contributed by atoms with Gasteiger partial charge in [0.15, 0.2) is 11.6 Å². The zero-order valence-corrected chi connectivity index (χ0v) is 10.5. The first-order valence-corrected chi connectivity index (χ1v) is 6.85. The summed E-state index contributed by atoms with van der Waals surface area (Å²) in [6, 6.07) is 1.28. The van der Waals surface area contributed by atoms with Crippen LogP contribution in [0.25, 0.3) is 0 Å².